The van der Waals surface area contributed by atoms with Crippen LogP contribution < -0.4 is 10.6 Å². The molecule has 0 saturated carbocycles. The van der Waals surface area contributed by atoms with Gasteiger partial charge in [0.15, 0.2) is 0 Å². The molecule has 1 amide bonds. The number of carboxylic acids is 1. The molecule has 8 nitrogen and oxygen atoms in total. The van der Waals surface area contributed by atoms with Crippen LogP contribution in [-0.2, 0) is 15.7 Å². The van der Waals surface area contributed by atoms with Crippen molar-refractivity contribution in [2.45, 2.75) is 56.4 Å². The van der Waals surface area contributed by atoms with E-state index in [0.717, 1.165) is 59.7 Å². The molecular weight excluding hydrogens is 551 g/mol. The molecule has 0 radical (unpaired) electrons. The van der Waals surface area contributed by atoms with E-state index in [-0.39, 0.29) is 6.42 Å². The van der Waals surface area contributed by atoms with Gasteiger partial charge in [-0.05, 0) is 50.3 Å². The van der Waals surface area contributed by atoms with Gasteiger partial charge in [-0.15, -0.1) is 0 Å². The molecule has 3 heterocycles. The lowest BCUT2D eigenvalue weighted by molar-refractivity contribution is -0.139. The first kappa shape index (κ1) is 33.6. The van der Waals surface area contributed by atoms with E-state index < -0.39 is 35.2 Å². The van der Waals surface area contributed by atoms with Crippen LogP contribution in [0.25, 0.3) is 0 Å². The lowest BCUT2D eigenvalue weighted by Gasteiger charge is -2.27. The molecule has 0 saturated heterocycles. The summed E-state index contributed by atoms with van der Waals surface area (Å²) in [7, 11) is 2.86. The third kappa shape index (κ3) is 10.8. The van der Waals surface area contributed by atoms with E-state index in [1.807, 2.05) is 0 Å². The van der Waals surface area contributed by atoms with Crippen LogP contribution in [0.4, 0.5) is 17.6 Å². The van der Waals surface area contributed by atoms with Gasteiger partial charge in [-0.25, -0.2) is 4.79 Å². The fraction of sp³-hybridized carbons (Fsp3) is 0.593. The number of alkyl halides is 4. The summed E-state index contributed by atoms with van der Waals surface area (Å²) in [4.78, 5) is 30.0. The minimum atomic E-state index is -4.76. The van der Waals surface area contributed by atoms with Gasteiger partial charge >= 0.3 is 12.1 Å². The highest BCUT2D eigenvalue weighted by Crippen LogP contribution is 2.40. The van der Waals surface area contributed by atoms with E-state index in [0.29, 0.717) is 38.6 Å². The van der Waals surface area contributed by atoms with Gasteiger partial charge in [-0.1, -0.05) is 27.2 Å². The number of halogens is 4. The van der Waals surface area contributed by atoms with Crippen molar-refractivity contribution in [3.63, 3.8) is 0 Å². The predicted octanol–water partition coefficient (Wildman–Crippen LogP) is 4.59. The Bertz CT molecular complexity index is 1020. The summed E-state index contributed by atoms with van der Waals surface area (Å²) >= 11 is 0. The summed E-state index contributed by atoms with van der Waals surface area (Å²) < 4.78 is 54.5. The summed E-state index contributed by atoms with van der Waals surface area (Å²) in [5.41, 5.74) is 1.52. The Balaban J connectivity index is 0.00000274. The molecular formula is C27H39F4N4O4P. The molecule has 3 rings (SSSR count). The summed E-state index contributed by atoms with van der Waals surface area (Å²) in [5.74, 6) is -2.43. The van der Waals surface area contributed by atoms with E-state index in [1.165, 1.54) is 17.4 Å². The Kier molecular flexibility index (Phi) is 14.5. The van der Waals surface area contributed by atoms with E-state index in [4.69, 9.17) is 4.74 Å². The minimum Gasteiger partial charge on any atom is -0.480 e. The first-order chi connectivity index (χ1) is 19.2. The normalized spacial score (nSPS) is 18.0. The van der Waals surface area contributed by atoms with Gasteiger partial charge in [0.25, 0.3) is 5.91 Å². The molecule has 224 valence electrons. The Morgan fingerprint density at radius 2 is 2.05 bits per heavy atom. The van der Waals surface area contributed by atoms with Gasteiger partial charge in [0.05, 0.1) is 24.9 Å². The van der Waals surface area contributed by atoms with Crippen molar-refractivity contribution in [2.75, 3.05) is 47.1 Å². The van der Waals surface area contributed by atoms with Gasteiger partial charge in [0.2, 0.25) is 0 Å². The SMILES string of the molecule is CF.COCCN(CCCCC1C=CC2=C(NCCC2)P1)CCC(NC(=O)c1cnccc1C(F)(F)F)C(=O)O. The van der Waals surface area contributed by atoms with Crippen LogP contribution in [0.5, 0.6) is 0 Å². The number of nitrogens with one attached hydrogen (secondary N) is 2. The molecule has 3 atom stereocenters. The van der Waals surface area contributed by atoms with Crippen LogP contribution >= 0.6 is 8.58 Å². The number of methoxy groups -OCH3 is 1. The number of nitrogens with zero attached hydrogens (tertiary/aromatic N) is 2. The fourth-order valence-electron chi connectivity index (χ4n) is 4.56. The lowest BCUT2D eigenvalue weighted by atomic mass is 10.1. The molecule has 0 aliphatic carbocycles. The molecule has 13 heteroatoms. The number of allylic oxidation sites excluding steroid dienone is 3. The first-order valence-electron chi connectivity index (χ1n) is 13.2. The van der Waals surface area contributed by atoms with Crippen LogP contribution in [0.3, 0.4) is 0 Å². The van der Waals surface area contributed by atoms with Crippen LogP contribution in [0, 0.1) is 0 Å². The van der Waals surface area contributed by atoms with Crippen LogP contribution in [0.2, 0.25) is 0 Å². The number of pyridine rings is 1. The number of carbonyl (C=O) groups excluding carboxylic acids is 1. The number of aromatic nitrogens is 1. The van der Waals surface area contributed by atoms with Gasteiger partial charge in [0.1, 0.15) is 6.04 Å². The highest BCUT2D eigenvalue weighted by molar-refractivity contribution is 7.44. The number of ether oxygens (including phenoxy) is 1. The Morgan fingerprint density at radius 3 is 2.75 bits per heavy atom. The third-order valence-electron chi connectivity index (χ3n) is 6.66. The van der Waals surface area contributed by atoms with Crippen molar-refractivity contribution in [1.82, 2.24) is 20.5 Å². The molecule has 0 fully saturated rings. The Hall–Kier alpha value is -2.56. The second kappa shape index (κ2) is 17.3. The molecule has 1 aromatic heterocycles. The number of amides is 1. The Labute approximate surface area is 234 Å². The summed E-state index contributed by atoms with van der Waals surface area (Å²) in [6, 6.07) is -0.643. The number of rotatable bonds is 14. The monoisotopic (exact) mass is 590 g/mol. The summed E-state index contributed by atoms with van der Waals surface area (Å²) in [6.45, 7) is 3.18. The van der Waals surface area contributed by atoms with Crippen molar-refractivity contribution in [3.05, 3.63) is 52.8 Å². The average molecular weight is 591 g/mol. The van der Waals surface area contributed by atoms with Crippen LogP contribution in [-0.4, -0.2) is 85.6 Å². The molecule has 2 aliphatic rings. The number of aliphatic carboxylic acids is 1. The highest BCUT2D eigenvalue weighted by Gasteiger charge is 2.36. The molecule has 1 aromatic rings. The van der Waals surface area contributed by atoms with E-state index in [9.17, 15) is 32.3 Å². The minimum absolute atomic E-state index is 0.0434. The molecule has 2 aliphatic heterocycles. The summed E-state index contributed by atoms with van der Waals surface area (Å²) in [5, 5.41) is 15.4. The van der Waals surface area contributed by atoms with Crippen molar-refractivity contribution in [1.29, 1.82) is 0 Å². The second-order valence-corrected chi connectivity index (χ2v) is 11.0. The molecule has 0 aromatic carbocycles. The number of carboxylic acid groups (broad SMARTS) is 1. The zero-order valence-corrected chi connectivity index (χ0v) is 23.9. The van der Waals surface area contributed by atoms with Crippen molar-refractivity contribution < 1.29 is 37.0 Å². The van der Waals surface area contributed by atoms with Gasteiger partial charge in [-0.3, -0.25) is 14.2 Å². The third-order valence-corrected chi connectivity index (χ3v) is 8.30. The highest BCUT2D eigenvalue weighted by atomic mass is 31.1. The molecule has 40 heavy (non-hydrogen) atoms. The molecule has 3 unspecified atom stereocenters. The number of hydrogen-bond acceptors (Lipinski definition) is 6. The molecule has 0 spiro atoms. The zero-order valence-electron chi connectivity index (χ0n) is 22.9. The lowest BCUT2D eigenvalue weighted by Crippen LogP contribution is -2.44. The molecule has 0 bridgehead atoms. The smallest absolute Gasteiger partial charge is 0.417 e. The van der Waals surface area contributed by atoms with E-state index in [2.05, 4.69) is 32.7 Å². The standard InChI is InChI=1S/C26H36F3N4O4P.CH3F/c1-37-16-15-33(13-3-2-6-19-8-7-18-5-4-11-31-24(18)38-19)14-10-22(25(35)36)32-23(34)20-17-30-12-9-21(20)26(27,28)29;1-2/h7-9,12,17,19,22,31,38H,2-6,10-11,13-16H2,1H3,(H,32,34)(H,35,36);1H3. The topological polar surface area (TPSA) is 104 Å². The number of hydrogen-bond donors (Lipinski definition) is 3. The van der Waals surface area contributed by atoms with Crippen LogP contribution in [0.1, 0.15) is 54.4 Å². The van der Waals surface area contributed by atoms with Gasteiger partial charge in [0, 0.05) is 50.2 Å². The summed E-state index contributed by atoms with van der Waals surface area (Å²) in [6.07, 6.45) is 6.95. The zero-order chi connectivity index (χ0) is 29.5. The number of carbonyl (C=O) groups is 2. The number of unbranched alkanes of at least 4 members (excludes halogenated alkanes) is 1. The maximum atomic E-state index is 13.3. The largest absolute Gasteiger partial charge is 0.480 e. The van der Waals surface area contributed by atoms with Gasteiger partial charge < -0.3 is 25.4 Å². The maximum absolute atomic E-state index is 13.3. The quantitative estimate of drug-likeness (QED) is 0.166. The van der Waals surface area contributed by atoms with Crippen molar-refractivity contribution in [2.24, 2.45) is 0 Å². The van der Waals surface area contributed by atoms with Crippen molar-refractivity contribution in [3.8, 4) is 0 Å². The van der Waals surface area contributed by atoms with Crippen LogP contribution in [0.15, 0.2) is 41.6 Å². The van der Waals surface area contributed by atoms with Gasteiger partial charge in [-0.2, -0.15) is 13.2 Å². The van der Waals surface area contributed by atoms with Crippen molar-refractivity contribution >= 4 is 20.5 Å². The fourth-order valence-corrected chi connectivity index (χ4v) is 6.09. The average Bonchev–Trinajstić information content (AvgIpc) is 2.95. The van der Waals surface area contributed by atoms with E-state index in [1.54, 1.807) is 7.11 Å². The predicted molar refractivity (Wildman–Crippen MR) is 147 cm³/mol. The first-order valence-corrected chi connectivity index (χ1v) is 14.3. The second-order valence-electron chi connectivity index (χ2n) is 9.44. The maximum Gasteiger partial charge on any atom is 0.417 e. The Morgan fingerprint density at radius 1 is 1.27 bits per heavy atom. The van der Waals surface area contributed by atoms with E-state index >= 15 is 0 Å². The molecule has 3 N–H and O–H groups in total.